The molecule has 0 saturated heterocycles. The van der Waals surface area contributed by atoms with Gasteiger partial charge >= 0.3 is 0 Å². The van der Waals surface area contributed by atoms with Crippen LogP contribution in [0.3, 0.4) is 0 Å². The first-order chi connectivity index (χ1) is 8.63. The van der Waals surface area contributed by atoms with Gasteiger partial charge in [-0.15, -0.1) is 0 Å². The second-order valence-corrected chi connectivity index (χ2v) is 4.23. The van der Waals surface area contributed by atoms with Gasteiger partial charge < -0.3 is 10.5 Å². The van der Waals surface area contributed by atoms with Crippen LogP contribution >= 0.6 is 11.6 Å². The Morgan fingerprint density at radius 3 is 2.89 bits per heavy atom. The van der Waals surface area contributed by atoms with Crippen LogP contribution in [0.4, 0.5) is 10.1 Å². The predicted octanol–water partition coefficient (Wildman–Crippen LogP) is 3.27. The van der Waals surface area contributed by atoms with Crippen LogP contribution < -0.4 is 5.73 Å². The van der Waals surface area contributed by atoms with Crippen molar-refractivity contribution >= 4 is 17.3 Å². The Hall–Kier alpha value is -1.65. The molecule has 0 amide bonds. The van der Waals surface area contributed by atoms with Crippen molar-refractivity contribution in [2.45, 2.75) is 6.61 Å². The molecule has 5 heteroatoms. The molecule has 0 unspecified atom stereocenters. The molecule has 1 aromatic heterocycles. The topological polar surface area (TPSA) is 48.1 Å². The Labute approximate surface area is 109 Å². The predicted molar refractivity (Wildman–Crippen MR) is 69.8 cm³/mol. The highest BCUT2D eigenvalue weighted by atomic mass is 35.5. The third-order valence-corrected chi connectivity index (χ3v) is 2.90. The van der Waals surface area contributed by atoms with Crippen molar-refractivity contribution in [2.24, 2.45) is 0 Å². The van der Waals surface area contributed by atoms with E-state index in [0.29, 0.717) is 17.2 Å². The first-order valence-electron chi connectivity index (χ1n) is 5.30. The number of hydrogen-bond acceptors (Lipinski definition) is 3. The fourth-order valence-corrected chi connectivity index (χ4v) is 1.99. The standard InChI is InChI=1S/C13H12ClFN2O/c1-18-7-8-2-3-17-6-10(8)9-4-12(15)13(16)5-11(9)14/h2-6H,7,16H2,1H3. The number of rotatable bonds is 3. The van der Waals surface area contributed by atoms with E-state index >= 15 is 0 Å². The van der Waals surface area contributed by atoms with Gasteiger partial charge in [0.15, 0.2) is 0 Å². The van der Waals surface area contributed by atoms with E-state index in [-0.39, 0.29) is 5.69 Å². The van der Waals surface area contributed by atoms with E-state index in [0.717, 1.165) is 11.1 Å². The molecule has 0 aliphatic heterocycles. The summed E-state index contributed by atoms with van der Waals surface area (Å²) < 4.78 is 18.6. The van der Waals surface area contributed by atoms with E-state index in [2.05, 4.69) is 4.98 Å². The number of hydrogen-bond donors (Lipinski definition) is 1. The zero-order valence-electron chi connectivity index (χ0n) is 9.78. The number of halogens is 2. The smallest absolute Gasteiger partial charge is 0.146 e. The highest BCUT2D eigenvalue weighted by Crippen LogP contribution is 2.33. The number of nitrogen functional groups attached to an aromatic ring is 1. The van der Waals surface area contributed by atoms with Gasteiger partial charge in [-0.3, -0.25) is 4.98 Å². The third-order valence-electron chi connectivity index (χ3n) is 2.59. The van der Waals surface area contributed by atoms with Gasteiger partial charge in [0.2, 0.25) is 0 Å². The maximum atomic E-state index is 13.5. The zero-order chi connectivity index (χ0) is 13.1. The molecule has 0 atom stereocenters. The normalized spacial score (nSPS) is 10.6. The minimum atomic E-state index is -0.499. The van der Waals surface area contributed by atoms with Crippen LogP contribution in [-0.4, -0.2) is 12.1 Å². The molecule has 0 radical (unpaired) electrons. The summed E-state index contributed by atoms with van der Waals surface area (Å²) in [4.78, 5) is 4.03. The van der Waals surface area contributed by atoms with Gasteiger partial charge in [0.25, 0.3) is 0 Å². The van der Waals surface area contributed by atoms with Crippen LogP contribution in [0.5, 0.6) is 0 Å². The van der Waals surface area contributed by atoms with Crippen molar-refractivity contribution in [3.05, 3.63) is 47.0 Å². The molecular formula is C13H12ClFN2O. The maximum absolute atomic E-state index is 13.5. The number of methoxy groups -OCH3 is 1. The molecule has 2 rings (SSSR count). The molecular weight excluding hydrogens is 255 g/mol. The van der Waals surface area contributed by atoms with Crippen molar-refractivity contribution in [3.63, 3.8) is 0 Å². The fourth-order valence-electron chi connectivity index (χ4n) is 1.72. The minimum Gasteiger partial charge on any atom is -0.396 e. The number of nitrogens with zero attached hydrogens (tertiary/aromatic N) is 1. The lowest BCUT2D eigenvalue weighted by molar-refractivity contribution is 0.185. The maximum Gasteiger partial charge on any atom is 0.146 e. The summed E-state index contributed by atoms with van der Waals surface area (Å²) in [6, 6.07) is 4.52. The molecule has 0 saturated carbocycles. The number of pyridine rings is 1. The molecule has 1 heterocycles. The Balaban J connectivity index is 2.58. The van der Waals surface area contributed by atoms with Gasteiger partial charge in [-0.05, 0) is 23.8 Å². The lowest BCUT2D eigenvalue weighted by Crippen LogP contribution is -1.96. The van der Waals surface area contributed by atoms with E-state index in [1.54, 1.807) is 19.5 Å². The highest BCUT2D eigenvalue weighted by Gasteiger charge is 2.12. The lowest BCUT2D eigenvalue weighted by atomic mass is 10.0. The molecule has 2 aromatic rings. The van der Waals surface area contributed by atoms with E-state index in [1.807, 2.05) is 6.07 Å². The monoisotopic (exact) mass is 266 g/mol. The molecule has 18 heavy (non-hydrogen) atoms. The van der Waals surface area contributed by atoms with Crippen molar-refractivity contribution in [2.75, 3.05) is 12.8 Å². The number of ether oxygens (including phenoxy) is 1. The molecule has 0 aliphatic rings. The summed E-state index contributed by atoms with van der Waals surface area (Å²) >= 11 is 6.09. The number of nitrogens with two attached hydrogens (primary N) is 1. The summed E-state index contributed by atoms with van der Waals surface area (Å²) in [7, 11) is 1.59. The average Bonchev–Trinajstić information content (AvgIpc) is 2.35. The molecule has 2 N–H and O–H groups in total. The quantitative estimate of drug-likeness (QED) is 0.868. The van der Waals surface area contributed by atoms with Crippen LogP contribution in [0.25, 0.3) is 11.1 Å². The van der Waals surface area contributed by atoms with Crippen molar-refractivity contribution in [1.29, 1.82) is 0 Å². The second-order valence-electron chi connectivity index (χ2n) is 3.82. The summed E-state index contributed by atoms with van der Waals surface area (Å²) in [6.07, 6.45) is 3.28. The fraction of sp³-hybridized carbons (Fsp3) is 0.154. The largest absolute Gasteiger partial charge is 0.396 e. The van der Waals surface area contributed by atoms with E-state index in [9.17, 15) is 4.39 Å². The van der Waals surface area contributed by atoms with E-state index in [4.69, 9.17) is 22.1 Å². The Morgan fingerprint density at radius 1 is 1.39 bits per heavy atom. The summed E-state index contributed by atoms with van der Waals surface area (Å²) in [5.41, 5.74) is 7.68. The number of benzene rings is 1. The van der Waals surface area contributed by atoms with Gasteiger partial charge in [0.1, 0.15) is 5.82 Å². The Morgan fingerprint density at radius 2 is 2.17 bits per heavy atom. The van der Waals surface area contributed by atoms with Gasteiger partial charge in [-0.1, -0.05) is 11.6 Å². The Bertz CT molecular complexity index is 575. The second kappa shape index (κ2) is 5.33. The van der Waals surface area contributed by atoms with E-state index in [1.165, 1.54) is 12.1 Å². The molecule has 0 aliphatic carbocycles. The molecule has 0 spiro atoms. The first-order valence-corrected chi connectivity index (χ1v) is 5.68. The SMILES string of the molecule is COCc1ccncc1-c1cc(F)c(N)cc1Cl. The van der Waals surface area contributed by atoms with Crippen LogP contribution in [0.2, 0.25) is 5.02 Å². The zero-order valence-corrected chi connectivity index (χ0v) is 10.5. The average molecular weight is 267 g/mol. The molecule has 94 valence electrons. The summed E-state index contributed by atoms with van der Waals surface area (Å²) in [5.74, 6) is -0.499. The van der Waals surface area contributed by atoms with Gasteiger partial charge in [-0.25, -0.2) is 4.39 Å². The number of aromatic nitrogens is 1. The van der Waals surface area contributed by atoms with Crippen LogP contribution in [0, 0.1) is 5.82 Å². The third kappa shape index (κ3) is 2.44. The van der Waals surface area contributed by atoms with Crippen LogP contribution in [-0.2, 0) is 11.3 Å². The lowest BCUT2D eigenvalue weighted by Gasteiger charge is -2.11. The van der Waals surface area contributed by atoms with Crippen LogP contribution in [0.1, 0.15) is 5.56 Å². The summed E-state index contributed by atoms with van der Waals surface area (Å²) in [5, 5.41) is 0.388. The first kappa shape index (κ1) is 12.8. The molecule has 0 fully saturated rings. The highest BCUT2D eigenvalue weighted by molar-refractivity contribution is 6.33. The van der Waals surface area contributed by atoms with Gasteiger partial charge in [0, 0.05) is 30.6 Å². The van der Waals surface area contributed by atoms with Crippen LogP contribution in [0.15, 0.2) is 30.6 Å². The van der Waals surface area contributed by atoms with Crippen molar-refractivity contribution in [3.8, 4) is 11.1 Å². The summed E-state index contributed by atoms with van der Waals surface area (Å²) in [6.45, 7) is 0.403. The van der Waals surface area contributed by atoms with Crippen molar-refractivity contribution < 1.29 is 9.13 Å². The minimum absolute atomic E-state index is 0.0286. The Kier molecular flexibility index (Phi) is 3.79. The van der Waals surface area contributed by atoms with E-state index < -0.39 is 5.82 Å². The number of anilines is 1. The molecule has 1 aromatic carbocycles. The molecule has 3 nitrogen and oxygen atoms in total. The van der Waals surface area contributed by atoms with Gasteiger partial charge in [-0.2, -0.15) is 0 Å². The van der Waals surface area contributed by atoms with Gasteiger partial charge in [0.05, 0.1) is 17.3 Å². The molecule has 0 bridgehead atoms. The van der Waals surface area contributed by atoms with Crippen molar-refractivity contribution in [1.82, 2.24) is 4.98 Å².